The Kier molecular flexibility index (Phi) is 2.05. The summed E-state index contributed by atoms with van der Waals surface area (Å²) in [5, 5.41) is 29.1. The summed E-state index contributed by atoms with van der Waals surface area (Å²) in [7, 11) is 0. The molecule has 1 aromatic heterocycles. The first kappa shape index (κ1) is 10.4. The lowest BCUT2D eigenvalue weighted by Gasteiger charge is -2.09. The average Bonchev–Trinajstić information content (AvgIpc) is 2.22. The molecule has 2 aromatic rings. The van der Waals surface area contributed by atoms with Crippen LogP contribution < -0.4 is 5.63 Å². The Labute approximate surface area is 90.2 Å². The van der Waals surface area contributed by atoms with Crippen molar-refractivity contribution in [3.8, 4) is 17.2 Å². The maximum Gasteiger partial charge on any atom is 0.336 e. The molecule has 16 heavy (non-hydrogen) atoms. The smallest absolute Gasteiger partial charge is 0.336 e. The predicted molar refractivity (Wildman–Crippen MR) is 57.0 cm³/mol. The van der Waals surface area contributed by atoms with Gasteiger partial charge < -0.3 is 19.7 Å². The van der Waals surface area contributed by atoms with Gasteiger partial charge in [0.2, 0.25) is 5.75 Å². The molecule has 1 heterocycles. The highest BCUT2D eigenvalue weighted by atomic mass is 16.4. The van der Waals surface area contributed by atoms with Gasteiger partial charge in [-0.1, -0.05) is 0 Å². The van der Waals surface area contributed by atoms with Crippen LogP contribution in [0.25, 0.3) is 11.0 Å². The van der Waals surface area contributed by atoms with Crippen LogP contribution >= 0.6 is 0 Å². The number of fused-ring (bicyclic) bond motifs is 1. The molecule has 0 saturated heterocycles. The van der Waals surface area contributed by atoms with Crippen LogP contribution in [-0.4, -0.2) is 15.3 Å². The van der Waals surface area contributed by atoms with Crippen LogP contribution in [0, 0.1) is 13.8 Å². The van der Waals surface area contributed by atoms with Gasteiger partial charge in [0.1, 0.15) is 5.75 Å². The zero-order chi connectivity index (χ0) is 12.0. The van der Waals surface area contributed by atoms with Gasteiger partial charge in [0.05, 0.1) is 5.39 Å². The van der Waals surface area contributed by atoms with Crippen molar-refractivity contribution >= 4 is 11.0 Å². The van der Waals surface area contributed by atoms with Crippen molar-refractivity contribution in [1.82, 2.24) is 0 Å². The lowest BCUT2D eigenvalue weighted by molar-refractivity contribution is 0.387. The molecule has 2 rings (SSSR count). The van der Waals surface area contributed by atoms with Gasteiger partial charge in [0.15, 0.2) is 11.3 Å². The second-order valence-electron chi connectivity index (χ2n) is 3.62. The van der Waals surface area contributed by atoms with E-state index in [1.165, 1.54) is 13.0 Å². The van der Waals surface area contributed by atoms with Crippen molar-refractivity contribution in [2.45, 2.75) is 13.8 Å². The van der Waals surface area contributed by atoms with Crippen molar-refractivity contribution < 1.29 is 19.7 Å². The number of rotatable bonds is 0. The van der Waals surface area contributed by atoms with Gasteiger partial charge in [-0.3, -0.25) is 0 Å². The van der Waals surface area contributed by atoms with E-state index in [2.05, 4.69) is 0 Å². The molecule has 0 aliphatic heterocycles. The third-order valence-corrected chi connectivity index (χ3v) is 2.55. The molecule has 84 valence electrons. The van der Waals surface area contributed by atoms with Gasteiger partial charge in [-0.2, -0.15) is 0 Å². The second-order valence-corrected chi connectivity index (χ2v) is 3.62. The first-order chi connectivity index (χ1) is 7.43. The maximum atomic E-state index is 11.1. The number of aromatic hydroxyl groups is 3. The molecule has 3 N–H and O–H groups in total. The molecule has 5 nitrogen and oxygen atoms in total. The average molecular weight is 222 g/mol. The van der Waals surface area contributed by atoms with E-state index >= 15 is 0 Å². The van der Waals surface area contributed by atoms with E-state index in [9.17, 15) is 20.1 Å². The Morgan fingerprint density at radius 1 is 1.06 bits per heavy atom. The van der Waals surface area contributed by atoms with Gasteiger partial charge in [-0.25, -0.2) is 4.79 Å². The Bertz CT molecular complexity index is 639. The quantitative estimate of drug-likeness (QED) is 0.357. The Morgan fingerprint density at radius 3 is 2.31 bits per heavy atom. The largest absolute Gasteiger partial charge is 0.507 e. The predicted octanol–water partition coefficient (Wildman–Crippen LogP) is 1.53. The third kappa shape index (κ3) is 1.21. The first-order valence-corrected chi connectivity index (χ1v) is 4.61. The molecule has 5 heteroatoms. The molecule has 0 aliphatic carbocycles. The van der Waals surface area contributed by atoms with Crippen molar-refractivity contribution in [3.63, 3.8) is 0 Å². The zero-order valence-electron chi connectivity index (χ0n) is 8.74. The summed E-state index contributed by atoms with van der Waals surface area (Å²) in [6, 6.07) is 1.21. The normalized spacial score (nSPS) is 10.9. The van der Waals surface area contributed by atoms with Crippen LogP contribution in [0.1, 0.15) is 11.1 Å². The van der Waals surface area contributed by atoms with Crippen LogP contribution in [0.3, 0.4) is 0 Å². The minimum Gasteiger partial charge on any atom is -0.507 e. The summed E-state index contributed by atoms with van der Waals surface area (Å²) in [6.07, 6.45) is 0. The summed E-state index contributed by atoms with van der Waals surface area (Å²) in [4.78, 5) is 11.1. The van der Waals surface area contributed by atoms with Crippen LogP contribution in [0.15, 0.2) is 15.3 Å². The van der Waals surface area contributed by atoms with Crippen molar-refractivity contribution in [2.75, 3.05) is 0 Å². The molecule has 0 radical (unpaired) electrons. The molecule has 0 bridgehead atoms. The van der Waals surface area contributed by atoms with Crippen molar-refractivity contribution in [2.24, 2.45) is 0 Å². The van der Waals surface area contributed by atoms with Crippen LogP contribution in [-0.2, 0) is 0 Å². The minimum absolute atomic E-state index is 0.141. The van der Waals surface area contributed by atoms with E-state index in [0.29, 0.717) is 5.56 Å². The number of hydrogen-bond donors (Lipinski definition) is 3. The number of phenols is 3. The lowest BCUT2D eigenvalue weighted by Crippen LogP contribution is -1.98. The monoisotopic (exact) mass is 222 g/mol. The Hall–Kier alpha value is -2.17. The molecule has 0 unspecified atom stereocenters. The summed E-state index contributed by atoms with van der Waals surface area (Å²) in [5.74, 6) is -1.23. The minimum atomic E-state index is -0.650. The third-order valence-electron chi connectivity index (χ3n) is 2.55. The maximum absolute atomic E-state index is 11.1. The van der Waals surface area contributed by atoms with Gasteiger partial charge in [0.25, 0.3) is 0 Å². The van der Waals surface area contributed by atoms with E-state index in [4.69, 9.17) is 4.42 Å². The highest BCUT2D eigenvalue weighted by Crippen LogP contribution is 2.43. The number of phenolic OH excluding ortho intramolecular Hbond substituents is 3. The molecule has 0 aliphatic rings. The van der Waals surface area contributed by atoms with Gasteiger partial charge in [-0.05, 0) is 19.4 Å². The van der Waals surface area contributed by atoms with Crippen LogP contribution in [0.2, 0.25) is 0 Å². The molecule has 0 saturated carbocycles. The molecular weight excluding hydrogens is 212 g/mol. The summed E-state index contributed by atoms with van der Waals surface area (Å²) in [5.41, 5.74) is -0.238. The van der Waals surface area contributed by atoms with E-state index in [1.54, 1.807) is 6.92 Å². The van der Waals surface area contributed by atoms with E-state index in [0.717, 1.165) is 0 Å². The van der Waals surface area contributed by atoms with Crippen LogP contribution in [0.4, 0.5) is 0 Å². The van der Waals surface area contributed by atoms with Gasteiger partial charge in [-0.15, -0.1) is 0 Å². The Morgan fingerprint density at radius 2 is 1.69 bits per heavy atom. The van der Waals surface area contributed by atoms with E-state index in [1.807, 2.05) is 0 Å². The fraction of sp³-hybridized carbons (Fsp3) is 0.182. The van der Waals surface area contributed by atoms with Crippen molar-refractivity contribution in [3.05, 3.63) is 27.6 Å². The highest BCUT2D eigenvalue weighted by molar-refractivity contribution is 5.94. The highest BCUT2D eigenvalue weighted by Gasteiger charge is 2.19. The second kappa shape index (κ2) is 3.16. The van der Waals surface area contributed by atoms with Crippen LogP contribution in [0.5, 0.6) is 17.2 Å². The number of benzene rings is 1. The molecule has 0 amide bonds. The summed E-state index contributed by atoms with van der Waals surface area (Å²) < 4.78 is 4.76. The standard InChI is InChI=1S/C11H10O5/c1-4-3-6(12)16-11-7(4)8(13)5(2)9(14)10(11)15/h3,13-15H,1-2H3. The van der Waals surface area contributed by atoms with Gasteiger partial charge in [0, 0.05) is 11.6 Å². The van der Waals surface area contributed by atoms with Gasteiger partial charge >= 0.3 is 5.63 Å². The molecular formula is C11H10O5. The fourth-order valence-electron chi connectivity index (χ4n) is 1.65. The fourth-order valence-corrected chi connectivity index (χ4v) is 1.65. The molecule has 0 fully saturated rings. The zero-order valence-corrected chi connectivity index (χ0v) is 8.74. The lowest BCUT2D eigenvalue weighted by atomic mass is 10.0. The summed E-state index contributed by atoms with van der Waals surface area (Å²) in [6.45, 7) is 3.06. The Balaban J connectivity index is 3.14. The van der Waals surface area contributed by atoms with Crippen molar-refractivity contribution in [1.29, 1.82) is 0 Å². The molecule has 0 spiro atoms. The summed E-state index contributed by atoms with van der Waals surface area (Å²) >= 11 is 0. The van der Waals surface area contributed by atoms with E-state index in [-0.39, 0.29) is 22.3 Å². The SMILES string of the molecule is Cc1c(O)c(O)c2oc(=O)cc(C)c2c1O. The number of aryl methyl sites for hydroxylation is 1. The number of hydrogen-bond acceptors (Lipinski definition) is 5. The topological polar surface area (TPSA) is 90.9 Å². The van der Waals surface area contributed by atoms with E-state index < -0.39 is 17.1 Å². The molecule has 0 atom stereocenters. The first-order valence-electron chi connectivity index (χ1n) is 4.61. The molecule has 1 aromatic carbocycles.